The smallest absolute Gasteiger partial charge is 0.236 e. The number of carbonyl (C=O) groups excluding carboxylic acids is 1. The van der Waals surface area contributed by atoms with E-state index in [4.69, 9.17) is 0 Å². The van der Waals surface area contributed by atoms with E-state index in [2.05, 4.69) is 5.32 Å². The lowest BCUT2D eigenvalue weighted by Gasteiger charge is -2.23. The molecule has 0 aromatic rings. The van der Waals surface area contributed by atoms with Gasteiger partial charge in [0.25, 0.3) is 0 Å². The van der Waals surface area contributed by atoms with Crippen LogP contribution in [-0.4, -0.2) is 48.7 Å². The average molecular weight is 202 g/mol. The fourth-order valence-corrected chi connectivity index (χ4v) is 1.22. The lowest BCUT2D eigenvalue weighted by Crippen LogP contribution is -2.42. The van der Waals surface area contributed by atoms with E-state index >= 15 is 0 Å². The third-order valence-corrected chi connectivity index (χ3v) is 2.07. The van der Waals surface area contributed by atoms with E-state index < -0.39 is 5.60 Å². The van der Waals surface area contributed by atoms with Crippen molar-refractivity contribution in [3.05, 3.63) is 0 Å². The lowest BCUT2D eigenvalue weighted by molar-refractivity contribution is -0.127. The quantitative estimate of drug-likeness (QED) is 0.647. The molecule has 0 radical (unpaired) electrons. The van der Waals surface area contributed by atoms with Crippen LogP contribution in [0.25, 0.3) is 0 Å². The number of amides is 1. The third kappa shape index (κ3) is 5.94. The Morgan fingerprint density at radius 3 is 2.50 bits per heavy atom. The second-order valence-corrected chi connectivity index (χ2v) is 4.14. The second kappa shape index (κ2) is 5.98. The number of nitrogens with zero attached hydrogens (tertiary/aromatic N) is 1. The van der Waals surface area contributed by atoms with Gasteiger partial charge < -0.3 is 15.3 Å². The summed E-state index contributed by atoms with van der Waals surface area (Å²) in [7, 11) is 3.43. The first-order chi connectivity index (χ1) is 6.39. The Kier molecular flexibility index (Phi) is 5.72. The van der Waals surface area contributed by atoms with E-state index in [1.165, 1.54) is 4.90 Å². The molecule has 14 heavy (non-hydrogen) atoms. The van der Waals surface area contributed by atoms with Crippen molar-refractivity contribution in [1.29, 1.82) is 0 Å². The van der Waals surface area contributed by atoms with Gasteiger partial charge in [0.15, 0.2) is 0 Å². The Bertz CT molecular complexity index is 179. The first-order valence-corrected chi connectivity index (χ1v) is 5.02. The number of hydrogen-bond donors (Lipinski definition) is 2. The van der Waals surface area contributed by atoms with Crippen molar-refractivity contribution in [2.45, 2.75) is 32.3 Å². The Morgan fingerprint density at radius 1 is 1.50 bits per heavy atom. The van der Waals surface area contributed by atoms with Crippen molar-refractivity contribution >= 4 is 5.91 Å². The maximum atomic E-state index is 11.2. The van der Waals surface area contributed by atoms with Crippen LogP contribution in [-0.2, 0) is 4.79 Å². The van der Waals surface area contributed by atoms with Crippen LogP contribution in [0.15, 0.2) is 0 Å². The predicted octanol–water partition coefficient (Wildman–Crippen LogP) is 0.215. The molecule has 0 heterocycles. The van der Waals surface area contributed by atoms with Crippen molar-refractivity contribution in [2.75, 3.05) is 27.2 Å². The zero-order valence-corrected chi connectivity index (χ0v) is 9.63. The molecule has 0 aromatic heterocycles. The number of rotatable bonds is 6. The maximum absolute atomic E-state index is 11.2. The largest absolute Gasteiger partial charge is 0.389 e. The zero-order chi connectivity index (χ0) is 11.2. The van der Waals surface area contributed by atoms with E-state index in [-0.39, 0.29) is 12.5 Å². The Morgan fingerprint density at radius 2 is 2.07 bits per heavy atom. The summed E-state index contributed by atoms with van der Waals surface area (Å²) in [6, 6.07) is 0. The molecule has 0 spiro atoms. The third-order valence-electron chi connectivity index (χ3n) is 2.07. The Balaban J connectivity index is 3.68. The van der Waals surface area contributed by atoms with E-state index in [9.17, 15) is 9.90 Å². The first kappa shape index (κ1) is 13.4. The van der Waals surface area contributed by atoms with Crippen molar-refractivity contribution in [1.82, 2.24) is 10.2 Å². The summed E-state index contributed by atoms with van der Waals surface area (Å²) in [6.07, 6.45) is 1.69. The monoisotopic (exact) mass is 202 g/mol. The molecule has 0 fully saturated rings. The van der Waals surface area contributed by atoms with Gasteiger partial charge in [-0.3, -0.25) is 4.79 Å². The highest BCUT2D eigenvalue weighted by Crippen LogP contribution is 2.09. The maximum Gasteiger partial charge on any atom is 0.236 e. The van der Waals surface area contributed by atoms with Crippen LogP contribution in [0.5, 0.6) is 0 Å². The van der Waals surface area contributed by atoms with Crippen molar-refractivity contribution < 1.29 is 9.90 Å². The number of nitrogens with one attached hydrogen (secondary N) is 1. The minimum Gasteiger partial charge on any atom is -0.389 e. The van der Waals surface area contributed by atoms with E-state index in [0.29, 0.717) is 6.54 Å². The summed E-state index contributed by atoms with van der Waals surface area (Å²) in [5.41, 5.74) is -0.707. The van der Waals surface area contributed by atoms with Crippen molar-refractivity contribution in [3.63, 3.8) is 0 Å². The summed E-state index contributed by atoms with van der Waals surface area (Å²) in [4.78, 5) is 12.7. The summed E-state index contributed by atoms with van der Waals surface area (Å²) in [5, 5.41) is 12.7. The number of hydrogen-bond acceptors (Lipinski definition) is 3. The van der Waals surface area contributed by atoms with Crippen LogP contribution in [0, 0.1) is 0 Å². The summed E-state index contributed by atoms with van der Waals surface area (Å²) < 4.78 is 0. The number of carbonyl (C=O) groups is 1. The molecule has 0 aliphatic carbocycles. The fraction of sp³-hybridized carbons (Fsp3) is 0.900. The van der Waals surface area contributed by atoms with E-state index in [0.717, 1.165) is 12.8 Å². The molecule has 0 aliphatic heterocycles. The second-order valence-electron chi connectivity index (χ2n) is 4.14. The highest BCUT2D eigenvalue weighted by atomic mass is 16.3. The normalized spacial score (nSPS) is 14.9. The SMILES string of the molecule is CCCC(C)(O)CNCC(=O)N(C)C. The van der Waals surface area contributed by atoms with Gasteiger partial charge in [0.2, 0.25) is 5.91 Å². The summed E-state index contributed by atoms with van der Waals surface area (Å²) >= 11 is 0. The lowest BCUT2D eigenvalue weighted by atomic mass is 10.0. The number of likely N-dealkylation sites (N-methyl/N-ethyl adjacent to an activating group) is 1. The van der Waals surface area contributed by atoms with E-state index in [1.807, 2.05) is 6.92 Å². The summed E-state index contributed by atoms with van der Waals surface area (Å²) in [6.45, 7) is 4.55. The molecule has 1 atom stereocenters. The molecule has 1 amide bonds. The van der Waals surface area contributed by atoms with Gasteiger partial charge in [-0.15, -0.1) is 0 Å². The molecule has 84 valence electrons. The van der Waals surface area contributed by atoms with Gasteiger partial charge in [-0.2, -0.15) is 0 Å². The molecule has 0 bridgehead atoms. The predicted molar refractivity (Wildman–Crippen MR) is 57.1 cm³/mol. The molecular formula is C10H22N2O2. The van der Waals surface area contributed by atoms with Gasteiger partial charge in [-0.1, -0.05) is 13.3 Å². The van der Waals surface area contributed by atoms with Crippen LogP contribution in [0.2, 0.25) is 0 Å². The number of aliphatic hydroxyl groups is 1. The molecule has 4 heteroatoms. The fourth-order valence-electron chi connectivity index (χ4n) is 1.22. The molecule has 0 saturated carbocycles. The minimum absolute atomic E-state index is 0.0253. The highest BCUT2D eigenvalue weighted by molar-refractivity contribution is 5.77. The molecule has 1 unspecified atom stereocenters. The first-order valence-electron chi connectivity index (χ1n) is 5.02. The van der Waals surface area contributed by atoms with Gasteiger partial charge in [0.1, 0.15) is 0 Å². The molecule has 2 N–H and O–H groups in total. The average Bonchev–Trinajstić information content (AvgIpc) is 2.03. The van der Waals surface area contributed by atoms with Crippen LogP contribution in [0.4, 0.5) is 0 Å². The van der Waals surface area contributed by atoms with Crippen LogP contribution >= 0.6 is 0 Å². The standard InChI is InChI=1S/C10H22N2O2/c1-5-6-10(2,14)8-11-7-9(13)12(3)4/h11,14H,5-8H2,1-4H3. The minimum atomic E-state index is -0.707. The van der Waals surface area contributed by atoms with Gasteiger partial charge >= 0.3 is 0 Å². The van der Waals surface area contributed by atoms with Crippen LogP contribution in [0.1, 0.15) is 26.7 Å². The van der Waals surface area contributed by atoms with E-state index in [1.54, 1.807) is 21.0 Å². The molecule has 0 aliphatic rings. The molecule has 4 nitrogen and oxygen atoms in total. The highest BCUT2D eigenvalue weighted by Gasteiger charge is 2.18. The van der Waals surface area contributed by atoms with Crippen LogP contribution in [0.3, 0.4) is 0 Å². The van der Waals surface area contributed by atoms with Gasteiger partial charge in [-0.25, -0.2) is 0 Å². The van der Waals surface area contributed by atoms with Gasteiger partial charge in [-0.05, 0) is 13.3 Å². The Hall–Kier alpha value is -0.610. The molecule has 0 rings (SSSR count). The summed E-state index contributed by atoms with van der Waals surface area (Å²) in [5.74, 6) is 0.0253. The Labute approximate surface area is 86.3 Å². The van der Waals surface area contributed by atoms with Crippen molar-refractivity contribution in [2.24, 2.45) is 0 Å². The van der Waals surface area contributed by atoms with Gasteiger partial charge in [0.05, 0.1) is 12.1 Å². The molecule has 0 aromatic carbocycles. The topological polar surface area (TPSA) is 52.6 Å². The van der Waals surface area contributed by atoms with Crippen LogP contribution < -0.4 is 5.32 Å². The molecular weight excluding hydrogens is 180 g/mol. The molecule has 0 saturated heterocycles. The zero-order valence-electron chi connectivity index (χ0n) is 9.63. The van der Waals surface area contributed by atoms with Crippen molar-refractivity contribution in [3.8, 4) is 0 Å². The van der Waals surface area contributed by atoms with Gasteiger partial charge in [0, 0.05) is 20.6 Å².